The largest absolute Gasteiger partial charge is 0.354 e. The molecule has 21 heavy (non-hydrogen) atoms. The van der Waals surface area contributed by atoms with Crippen molar-refractivity contribution in [1.82, 2.24) is 5.32 Å². The van der Waals surface area contributed by atoms with Crippen LogP contribution in [0.15, 0.2) is 24.3 Å². The second-order valence-corrected chi connectivity index (χ2v) is 4.78. The van der Waals surface area contributed by atoms with E-state index in [9.17, 15) is 9.59 Å². The number of hydrogen-bond acceptors (Lipinski definition) is 3. The van der Waals surface area contributed by atoms with Crippen LogP contribution in [0.4, 0.5) is 5.69 Å². The summed E-state index contributed by atoms with van der Waals surface area (Å²) < 4.78 is 0. The summed E-state index contributed by atoms with van der Waals surface area (Å²) >= 11 is 0. The maximum absolute atomic E-state index is 11.7. The van der Waals surface area contributed by atoms with Gasteiger partial charge >= 0.3 is 0 Å². The minimum atomic E-state index is -0.0949. The van der Waals surface area contributed by atoms with Crippen molar-refractivity contribution < 1.29 is 9.59 Å². The molecule has 0 spiro atoms. The van der Waals surface area contributed by atoms with E-state index in [1.54, 1.807) is 29.2 Å². The van der Waals surface area contributed by atoms with E-state index in [-0.39, 0.29) is 11.8 Å². The van der Waals surface area contributed by atoms with Gasteiger partial charge in [-0.2, -0.15) is 5.26 Å². The van der Waals surface area contributed by atoms with Crippen LogP contribution in [0.3, 0.4) is 0 Å². The molecule has 0 saturated carbocycles. The number of carbonyl (C=O) groups is 2. The fourth-order valence-corrected chi connectivity index (χ4v) is 1.92. The Bertz CT molecular complexity index is 517. The summed E-state index contributed by atoms with van der Waals surface area (Å²) in [7, 11) is 0. The predicted octanol–water partition coefficient (Wildman–Crippen LogP) is 2.22. The molecular weight excluding hydrogens is 266 g/mol. The lowest BCUT2D eigenvalue weighted by Crippen LogP contribution is -2.37. The van der Waals surface area contributed by atoms with Gasteiger partial charge in [-0.25, -0.2) is 0 Å². The number of rotatable bonds is 7. The Labute approximate surface area is 125 Å². The zero-order valence-corrected chi connectivity index (χ0v) is 12.6. The van der Waals surface area contributed by atoms with Crippen LogP contribution in [0.5, 0.6) is 0 Å². The molecule has 112 valence electrons. The van der Waals surface area contributed by atoms with Gasteiger partial charge in [-0.15, -0.1) is 0 Å². The van der Waals surface area contributed by atoms with Crippen LogP contribution >= 0.6 is 0 Å². The van der Waals surface area contributed by atoms with E-state index in [0.29, 0.717) is 25.1 Å². The number of benzene rings is 1. The van der Waals surface area contributed by atoms with Crippen LogP contribution in [-0.4, -0.2) is 24.9 Å². The molecular formula is C16H21N3O2. The average molecular weight is 287 g/mol. The van der Waals surface area contributed by atoms with Crippen LogP contribution in [0.2, 0.25) is 0 Å². The molecule has 0 unspecified atom stereocenters. The van der Waals surface area contributed by atoms with Crippen molar-refractivity contribution in [3.05, 3.63) is 29.8 Å². The van der Waals surface area contributed by atoms with Gasteiger partial charge in [-0.1, -0.05) is 13.3 Å². The number of amides is 2. The van der Waals surface area contributed by atoms with E-state index in [1.165, 1.54) is 6.92 Å². The van der Waals surface area contributed by atoms with Gasteiger partial charge in [0.05, 0.1) is 11.6 Å². The molecule has 1 aromatic rings. The Kier molecular flexibility index (Phi) is 6.96. The first-order valence-corrected chi connectivity index (χ1v) is 7.13. The molecule has 0 aliphatic rings. The van der Waals surface area contributed by atoms with Gasteiger partial charge in [0, 0.05) is 32.1 Å². The molecule has 5 nitrogen and oxygen atoms in total. The van der Waals surface area contributed by atoms with Crippen molar-refractivity contribution in [2.75, 3.05) is 18.0 Å². The van der Waals surface area contributed by atoms with E-state index >= 15 is 0 Å². The zero-order chi connectivity index (χ0) is 15.7. The summed E-state index contributed by atoms with van der Waals surface area (Å²) in [5.41, 5.74) is 1.28. The summed E-state index contributed by atoms with van der Waals surface area (Å²) in [6.07, 6.45) is 2.38. The zero-order valence-electron chi connectivity index (χ0n) is 12.6. The molecule has 1 N–H and O–H groups in total. The van der Waals surface area contributed by atoms with Crippen molar-refractivity contribution in [3.63, 3.8) is 0 Å². The van der Waals surface area contributed by atoms with Gasteiger partial charge in [0.1, 0.15) is 0 Å². The molecule has 0 fully saturated rings. The lowest BCUT2D eigenvalue weighted by molar-refractivity contribution is -0.121. The fourth-order valence-electron chi connectivity index (χ4n) is 1.92. The van der Waals surface area contributed by atoms with Crippen molar-refractivity contribution in [3.8, 4) is 6.07 Å². The predicted molar refractivity (Wildman–Crippen MR) is 81.7 cm³/mol. The first-order chi connectivity index (χ1) is 10.1. The highest BCUT2D eigenvalue weighted by atomic mass is 16.2. The number of nitrogens with zero attached hydrogens (tertiary/aromatic N) is 2. The van der Waals surface area contributed by atoms with Crippen molar-refractivity contribution in [2.24, 2.45) is 0 Å². The number of unbranched alkanes of at least 4 members (excludes halogenated alkanes) is 1. The average Bonchev–Trinajstić information content (AvgIpc) is 2.49. The molecule has 0 aliphatic carbocycles. The SMILES string of the molecule is CCCCC(=O)NCCN(C(C)=O)c1ccc(C#N)cc1. The Morgan fingerprint density at radius 3 is 2.48 bits per heavy atom. The Hall–Kier alpha value is -2.35. The normalized spacial score (nSPS) is 9.76. The second kappa shape index (κ2) is 8.75. The Morgan fingerprint density at radius 1 is 1.29 bits per heavy atom. The van der Waals surface area contributed by atoms with Crippen LogP contribution in [0, 0.1) is 11.3 Å². The quantitative estimate of drug-likeness (QED) is 0.835. The van der Waals surface area contributed by atoms with Gasteiger partial charge in [-0.3, -0.25) is 9.59 Å². The molecule has 2 amide bonds. The van der Waals surface area contributed by atoms with Crippen molar-refractivity contribution in [2.45, 2.75) is 33.1 Å². The first kappa shape index (κ1) is 16.7. The Morgan fingerprint density at radius 2 is 1.95 bits per heavy atom. The monoisotopic (exact) mass is 287 g/mol. The minimum absolute atomic E-state index is 0.0141. The van der Waals surface area contributed by atoms with Gasteiger partial charge in [0.15, 0.2) is 0 Å². The van der Waals surface area contributed by atoms with E-state index in [2.05, 4.69) is 5.32 Å². The lowest BCUT2D eigenvalue weighted by Gasteiger charge is -2.21. The lowest BCUT2D eigenvalue weighted by atomic mass is 10.2. The van der Waals surface area contributed by atoms with Gasteiger partial charge in [0.2, 0.25) is 11.8 Å². The molecule has 0 saturated heterocycles. The van der Waals surface area contributed by atoms with Crippen LogP contribution in [0.1, 0.15) is 38.7 Å². The molecule has 0 heterocycles. The van der Waals surface area contributed by atoms with Crippen LogP contribution in [-0.2, 0) is 9.59 Å². The van der Waals surface area contributed by atoms with Gasteiger partial charge in [-0.05, 0) is 30.7 Å². The molecule has 0 bridgehead atoms. The summed E-state index contributed by atoms with van der Waals surface area (Å²) in [6.45, 7) is 4.36. The summed E-state index contributed by atoms with van der Waals surface area (Å²) in [6, 6.07) is 8.85. The molecule has 0 aromatic heterocycles. The fraction of sp³-hybridized carbons (Fsp3) is 0.438. The van der Waals surface area contributed by atoms with Gasteiger partial charge < -0.3 is 10.2 Å². The van der Waals surface area contributed by atoms with Crippen LogP contribution in [0.25, 0.3) is 0 Å². The topological polar surface area (TPSA) is 73.2 Å². The van der Waals surface area contributed by atoms with E-state index < -0.39 is 0 Å². The minimum Gasteiger partial charge on any atom is -0.354 e. The third-order valence-corrected chi connectivity index (χ3v) is 3.10. The number of carbonyl (C=O) groups excluding carboxylic acids is 2. The standard InChI is InChI=1S/C16H21N3O2/c1-3-4-5-16(21)18-10-11-19(13(2)20)15-8-6-14(12-17)7-9-15/h6-9H,3-5,10-11H2,1-2H3,(H,18,21). The smallest absolute Gasteiger partial charge is 0.223 e. The maximum Gasteiger partial charge on any atom is 0.223 e. The van der Waals surface area contributed by atoms with E-state index in [4.69, 9.17) is 5.26 Å². The van der Waals surface area contributed by atoms with E-state index in [0.717, 1.165) is 18.5 Å². The molecule has 1 aromatic carbocycles. The summed E-state index contributed by atoms with van der Waals surface area (Å²) in [4.78, 5) is 24.8. The third-order valence-electron chi connectivity index (χ3n) is 3.10. The van der Waals surface area contributed by atoms with E-state index in [1.807, 2.05) is 13.0 Å². The van der Waals surface area contributed by atoms with Gasteiger partial charge in [0.25, 0.3) is 0 Å². The molecule has 0 radical (unpaired) electrons. The first-order valence-electron chi connectivity index (χ1n) is 7.13. The highest BCUT2D eigenvalue weighted by Gasteiger charge is 2.11. The van der Waals surface area contributed by atoms with Crippen molar-refractivity contribution >= 4 is 17.5 Å². The maximum atomic E-state index is 11.7. The number of nitriles is 1. The Balaban J connectivity index is 2.56. The highest BCUT2D eigenvalue weighted by molar-refractivity contribution is 5.91. The highest BCUT2D eigenvalue weighted by Crippen LogP contribution is 2.14. The summed E-state index contributed by atoms with van der Waals surface area (Å²) in [5, 5.41) is 11.6. The molecule has 5 heteroatoms. The van der Waals surface area contributed by atoms with Crippen LogP contribution < -0.4 is 10.2 Å². The number of anilines is 1. The number of nitrogens with one attached hydrogen (secondary N) is 1. The summed E-state index contributed by atoms with van der Waals surface area (Å²) in [5.74, 6) is -0.0808. The number of hydrogen-bond donors (Lipinski definition) is 1. The molecule has 1 rings (SSSR count). The van der Waals surface area contributed by atoms with Crippen molar-refractivity contribution in [1.29, 1.82) is 5.26 Å². The second-order valence-electron chi connectivity index (χ2n) is 4.78. The third kappa shape index (κ3) is 5.65. The molecule has 0 atom stereocenters. The molecule has 0 aliphatic heterocycles.